The van der Waals surface area contributed by atoms with E-state index in [0.29, 0.717) is 10.9 Å². The minimum Gasteiger partial charge on any atom is -0.494 e. The van der Waals surface area contributed by atoms with E-state index in [0.717, 1.165) is 0 Å². The molecule has 128 valence electrons. The van der Waals surface area contributed by atoms with Crippen molar-refractivity contribution in [2.45, 2.75) is 11.7 Å². The van der Waals surface area contributed by atoms with Crippen molar-refractivity contribution in [3.8, 4) is 5.75 Å². The largest absolute Gasteiger partial charge is 0.494 e. The van der Waals surface area contributed by atoms with Crippen LogP contribution in [0.3, 0.4) is 0 Å². The first kappa shape index (κ1) is 17.7. The number of carbonyl (C=O) groups excluding carboxylic acids is 2. The molecule has 2 rings (SSSR count). The summed E-state index contributed by atoms with van der Waals surface area (Å²) in [6, 6.07) is 3.88. The first-order valence-corrected chi connectivity index (χ1v) is 7.78. The van der Waals surface area contributed by atoms with Crippen molar-refractivity contribution in [3.05, 3.63) is 28.3 Å². The van der Waals surface area contributed by atoms with Gasteiger partial charge in [-0.05, 0) is 6.07 Å². The number of methoxy groups -OCH3 is 1. The van der Waals surface area contributed by atoms with E-state index in [1.807, 2.05) is 0 Å². The Morgan fingerprint density at radius 1 is 1.54 bits per heavy atom. The van der Waals surface area contributed by atoms with E-state index in [9.17, 15) is 19.7 Å². The topological polar surface area (TPSA) is 114 Å². The molecular formula is C14H16N4O5S. The molecule has 10 heteroatoms. The van der Waals surface area contributed by atoms with Crippen molar-refractivity contribution < 1.29 is 19.2 Å². The molecule has 9 nitrogen and oxygen atoms in total. The molecule has 1 N–H and O–H groups in total. The minimum atomic E-state index is -0.552. The summed E-state index contributed by atoms with van der Waals surface area (Å²) in [5.41, 5.74) is 0.165. The fourth-order valence-corrected chi connectivity index (χ4v) is 3.27. The molecule has 1 heterocycles. The molecule has 24 heavy (non-hydrogen) atoms. The van der Waals surface area contributed by atoms with Crippen LogP contribution in [-0.2, 0) is 9.59 Å². The SMILES string of the molecule is CN=C1S[C@@H](CC(=O)Nc2ccc([N+](=O)[O-])cc2OC)C(=O)N1C. The fourth-order valence-electron chi connectivity index (χ4n) is 2.16. The third-order valence-electron chi connectivity index (χ3n) is 3.37. The van der Waals surface area contributed by atoms with E-state index in [-0.39, 0.29) is 23.8 Å². The highest BCUT2D eigenvalue weighted by atomic mass is 32.2. The van der Waals surface area contributed by atoms with Gasteiger partial charge in [0.15, 0.2) is 5.17 Å². The van der Waals surface area contributed by atoms with Gasteiger partial charge in [0.05, 0.1) is 23.8 Å². The lowest BCUT2D eigenvalue weighted by atomic mass is 10.2. The Bertz CT molecular complexity index is 721. The maximum atomic E-state index is 12.2. The van der Waals surface area contributed by atoms with Gasteiger partial charge in [-0.2, -0.15) is 0 Å². The minimum absolute atomic E-state index is 0.0347. The highest BCUT2D eigenvalue weighted by molar-refractivity contribution is 8.15. The number of hydrogen-bond acceptors (Lipinski definition) is 7. The number of anilines is 1. The van der Waals surface area contributed by atoms with Gasteiger partial charge in [0.2, 0.25) is 11.8 Å². The Balaban J connectivity index is 2.08. The smallest absolute Gasteiger partial charge is 0.273 e. The van der Waals surface area contributed by atoms with Crippen LogP contribution >= 0.6 is 11.8 Å². The van der Waals surface area contributed by atoms with Crippen molar-refractivity contribution in [2.75, 3.05) is 26.5 Å². The van der Waals surface area contributed by atoms with Crippen LogP contribution in [0.5, 0.6) is 5.75 Å². The number of rotatable bonds is 5. The molecule has 0 saturated carbocycles. The third-order valence-corrected chi connectivity index (χ3v) is 4.69. The fraction of sp³-hybridized carbons (Fsp3) is 0.357. The van der Waals surface area contributed by atoms with Gasteiger partial charge in [-0.25, -0.2) is 0 Å². The van der Waals surface area contributed by atoms with Gasteiger partial charge in [0, 0.05) is 26.6 Å². The number of nitro benzene ring substituents is 1. The van der Waals surface area contributed by atoms with E-state index < -0.39 is 16.1 Å². The summed E-state index contributed by atoms with van der Waals surface area (Å²) >= 11 is 1.23. The zero-order chi connectivity index (χ0) is 17.9. The predicted octanol–water partition coefficient (Wildman–Crippen LogP) is 1.49. The van der Waals surface area contributed by atoms with E-state index in [4.69, 9.17) is 4.74 Å². The summed E-state index contributed by atoms with van der Waals surface area (Å²) in [6.45, 7) is 0. The van der Waals surface area contributed by atoms with Crippen LogP contribution in [0.4, 0.5) is 11.4 Å². The van der Waals surface area contributed by atoms with Gasteiger partial charge >= 0.3 is 0 Å². The van der Waals surface area contributed by atoms with Gasteiger partial charge in [-0.15, -0.1) is 0 Å². The lowest BCUT2D eigenvalue weighted by molar-refractivity contribution is -0.384. The van der Waals surface area contributed by atoms with Crippen LogP contribution in [0.1, 0.15) is 6.42 Å². The van der Waals surface area contributed by atoms with Gasteiger partial charge < -0.3 is 10.1 Å². The van der Waals surface area contributed by atoms with Crippen LogP contribution in [-0.4, -0.2) is 53.3 Å². The number of nitrogens with one attached hydrogen (secondary N) is 1. The van der Waals surface area contributed by atoms with Gasteiger partial charge in [0.25, 0.3) is 5.69 Å². The predicted molar refractivity (Wildman–Crippen MR) is 90.4 cm³/mol. The second-order valence-corrected chi connectivity index (χ2v) is 6.07. The van der Waals surface area contributed by atoms with Crippen LogP contribution < -0.4 is 10.1 Å². The van der Waals surface area contributed by atoms with E-state index in [1.165, 1.54) is 42.0 Å². The molecule has 0 aromatic heterocycles. The molecule has 0 spiro atoms. The lowest BCUT2D eigenvalue weighted by Crippen LogP contribution is -2.30. The second kappa shape index (κ2) is 7.30. The summed E-state index contributed by atoms with van der Waals surface area (Å²) in [4.78, 5) is 39.8. The monoisotopic (exact) mass is 352 g/mol. The summed E-state index contributed by atoms with van der Waals surface area (Å²) in [5.74, 6) is -0.402. The number of ether oxygens (including phenoxy) is 1. The van der Waals surface area contributed by atoms with Crippen LogP contribution in [0, 0.1) is 10.1 Å². The molecule has 1 aromatic rings. The summed E-state index contributed by atoms with van der Waals surface area (Å²) in [5, 5.41) is 13.4. The van der Waals surface area contributed by atoms with E-state index >= 15 is 0 Å². The number of amidine groups is 1. The van der Waals surface area contributed by atoms with Crippen molar-refractivity contribution in [3.63, 3.8) is 0 Å². The molecule has 0 radical (unpaired) electrons. The highest BCUT2D eigenvalue weighted by Gasteiger charge is 2.36. The number of aliphatic imine (C=N–C) groups is 1. The zero-order valence-electron chi connectivity index (χ0n) is 13.3. The maximum absolute atomic E-state index is 12.2. The molecule has 2 amide bonds. The number of nitro groups is 1. The molecule has 0 aliphatic carbocycles. The van der Waals surface area contributed by atoms with E-state index in [2.05, 4.69) is 10.3 Å². The summed E-state index contributed by atoms with van der Waals surface area (Å²) in [7, 11) is 4.54. The molecule has 1 fully saturated rings. The van der Waals surface area contributed by atoms with Gasteiger partial charge in [-0.3, -0.25) is 29.6 Å². The normalized spacial score (nSPS) is 18.8. The van der Waals surface area contributed by atoms with E-state index in [1.54, 1.807) is 14.1 Å². The Labute approximate surface area is 142 Å². The van der Waals surface area contributed by atoms with Crippen molar-refractivity contribution >= 4 is 40.1 Å². The van der Waals surface area contributed by atoms with Gasteiger partial charge in [-0.1, -0.05) is 11.8 Å². The Morgan fingerprint density at radius 2 is 2.25 bits per heavy atom. The molecular weight excluding hydrogens is 336 g/mol. The molecule has 1 atom stereocenters. The molecule has 1 aliphatic rings. The number of thioether (sulfide) groups is 1. The van der Waals surface area contributed by atoms with Crippen molar-refractivity contribution in [1.29, 1.82) is 0 Å². The maximum Gasteiger partial charge on any atom is 0.273 e. The number of non-ortho nitro benzene ring substituents is 1. The lowest BCUT2D eigenvalue weighted by Gasteiger charge is -2.11. The summed E-state index contributed by atoms with van der Waals surface area (Å²) in [6.07, 6.45) is -0.0347. The molecule has 0 bridgehead atoms. The number of amides is 2. The molecule has 1 aliphatic heterocycles. The average Bonchev–Trinajstić information content (AvgIpc) is 2.82. The molecule has 0 unspecified atom stereocenters. The quantitative estimate of drug-likeness (QED) is 0.634. The van der Waals surface area contributed by atoms with Gasteiger partial charge in [0.1, 0.15) is 11.0 Å². The zero-order valence-corrected chi connectivity index (χ0v) is 14.1. The first-order chi connectivity index (χ1) is 11.4. The molecule has 1 aromatic carbocycles. The standard InChI is InChI=1S/C14H16N4O5S/c1-15-14-17(2)13(20)11(24-14)7-12(19)16-9-5-4-8(18(21)22)6-10(9)23-3/h4-6,11H,7H2,1-3H3,(H,16,19)/t11-/m0/s1. The first-order valence-electron chi connectivity index (χ1n) is 6.90. The Hall–Kier alpha value is -2.62. The number of carbonyl (C=O) groups is 2. The van der Waals surface area contributed by atoms with Crippen LogP contribution in [0.15, 0.2) is 23.2 Å². The third kappa shape index (κ3) is 3.65. The number of hydrogen-bond donors (Lipinski definition) is 1. The Morgan fingerprint density at radius 3 is 2.79 bits per heavy atom. The number of nitrogens with zero attached hydrogens (tertiary/aromatic N) is 3. The van der Waals surface area contributed by atoms with Crippen molar-refractivity contribution in [2.24, 2.45) is 4.99 Å². The van der Waals surface area contributed by atoms with Crippen molar-refractivity contribution in [1.82, 2.24) is 4.90 Å². The van der Waals surface area contributed by atoms with Crippen LogP contribution in [0.25, 0.3) is 0 Å². The molecule has 1 saturated heterocycles. The second-order valence-electron chi connectivity index (χ2n) is 4.90. The number of benzene rings is 1. The average molecular weight is 352 g/mol. The summed E-state index contributed by atoms with van der Waals surface area (Å²) < 4.78 is 5.06. The van der Waals surface area contributed by atoms with Crippen LogP contribution in [0.2, 0.25) is 0 Å². The highest BCUT2D eigenvalue weighted by Crippen LogP contribution is 2.31. The Kier molecular flexibility index (Phi) is 5.39.